The van der Waals surface area contributed by atoms with Crippen molar-refractivity contribution in [3.63, 3.8) is 0 Å². The first kappa shape index (κ1) is 13.6. The molecule has 0 aliphatic carbocycles. The molecule has 1 saturated heterocycles. The second-order valence-corrected chi connectivity index (χ2v) is 6.56. The van der Waals surface area contributed by atoms with Gasteiger partial charge in [-0.05, 0) is 19.1 Å². The summed E-state index contributed by atoms with van der Waals surface area (Å²) in [5, 5.41) is 4.33. The molecule has 1 aromatic carbocycles. The number of rotatable bonds is 3. The van der Waals surface area contributed by atoms with Crippen molar-refractivity contribution in [2.75, 3.05) is 5.75 Å². The molecule has 1 aliphatic rings. The summed E-state index contributed by atoms with van der Waals surface area (Å²) >= 11 is 0. The molecule has 19 heavy (non-hydrogen) atoms. The molecule has 6 nitrogen and oxygen atoms in total. The molecule has 1 aliphatic heterocycles. The molecule has 1 atom stereocenters. The third-order valence-electron chi connectivity index (χ3n) is 2.84. The highest BCUT2D eigenvalue weighted by Crippen LogP contribution is 2.18. The largest absolute Gasteiger partial charge is 0.322 e. The zero-order valence-corrected chi connectivity index (χ0v) is 11.0. The minimum atomic E-state index is -3.71. The molecule has 0 bridgehead atoms. The number of carbonyl (C=O) groups excluding carboxylic acids is 2. The van der Waals surface area contributed by atoms with Gasteiger partial charge in [0, 0.05) is 0 Å². The van der Waals surface area contributed by atoms with Gasteiger partial charge in [-0.3, -0.25) is 10.1 Å². The summed E-state index contributed by atoms with van der Waals surface area (Å²) in [7, 11) is 1.78. The van der Waals surface area contributed by atoms with Gasteiger partial charge in [0.1, 0.15) is 13.4 Å². The normalized spacial score (nSPS) is 23.0. The molecule has 8 heteroatoms. The summed E-state index contributed by atoms with van der Waals surface area (Å²) < 4.78 is 24.4. The van der Waals surface area contributed by atoms with E-state index in [1.165, 1.54) is 31.2 Å². The Morgan fingerprint density at radius 2 is 1.79 bits per heavy atom. The van der Waals surface area contributed by atoms with Crippen LogP contribution in [0.1, 0.15) is 6.92 Å². The molecule has 98 valence electrons. The molecule has 1 fully saturated rings. The van der Waals surface area contributed by atoms with Gasteiger partial charge in [-0.2, -0.15) is 0 Å². The first-order valence-corrected chi connectivity index (χ1v) is 7.10. The summed E-state index contributed by atoms with van der Waals surface area (Å²) in [6.07, 6.45) is 0. The number of hydrogen-bond donors (Lipinski definition) is 2. The molecule has 1 heterocycles. The molecule has 0 aromatic heterocycles. The van der Waals surface area contributed by atoms with Crippen LogP contribution in [0, 0.1) is 0 Å². The van der Waals surface area contributed by atoms with E-state index >= 15 is 0 Å². The van der Waals surface area contributed by atoms with Gasteiger partial charge in [-0.1, -0.05) is 17.6 Å². The minimum Gasteiger partial charge on any atom is -0.322 e. The van der Waals surface area contributed by atoms with Crippen molar-refractivity contribution in [2.45, 2.75) is 17.4 Å². The zero-order chi connectivity index (χ0) is 14.3. The summed E-state index contributed by atoms with van der Waals surface area (Å²) in [5.41, 5.74) is -1.02. The highest BCUT2D eigenvalue weighted by Gasteiger charge is 2.45. The lowest BCUT2D eigenvalue weighted by molar-refractivity contribution is -0.122. The second kappa shape index (κ2) is 4.38. The quantitative estimate of drug-likeness (QED) is 0.539. The van der Waals surface area contributed by atoms with E-state index in [0.29, 0.717) is 5.46 Å². The zero-order valence-electron chi connectivity index (χ0n) is 10.1. The Morgan fingerprint density at radius 1 is 1.21 bits per heavy atom. The van der Waals surface area contributed by atoms with E-state index in [0.717, 1.165) is 0 Å². The Labute approximate surface area is 111 Å². The van der Waals surface area contributed by atoms with Crippen LogP contribution in [0.2, 0.25) is 0 Å². The van der Waals surface area contributed by atoms with Gasteiger partial charge in [-0.25, -0.2) is 13.2 Å². The number of amides is 3. The smallest absolute Gasteiger partial charge is 0.322 e. The predicted molar refractivity (Wildman–Crippen MR) is 69.0 cm³/mol. The fourth-order valence-electron chi connectivity index (χ4n) is 1.82. The van der Waals surface area contributed by atoms with Crippen LogP contribution < -0.4 is 16.1 Å². The second-order valence-electron chi connectivity index (χ2n) is 4.57. The number of imide groups is 1. The van der Waals surface area contributed by atoms with E-state index in [1.54, 1.807) is 0 Å². The van der Waals surface area contributed by atoms with Gasteiger partial charge in [-0.15, -0.1) is 0 Å². The highest BCUT2D eigenvalue weighted by molar-refractivity contribution is 7.91. The molecule has 1 unspecified atom stereocenters. The molecule has 0 spiro atoms. The number of nitrogens with one attached hydrogen (secondary N) is 2. The fourth-order valence-corrected chi connectivity index (χ4v) is 3.50. The number of urea groups is 1. The first-order valence-electron chi connectivity index (χ1n) is 5.45. The minimum absolute atomic E-state index is 0.0527. The average Bonchev–Trinajstić information content (AvgIpc) is 2.51. The van der Waals surface area contributed by atoms with Gasteiger partial charge in [0.05, 0.1) is 10.6 Å². The van der Waals surface area contributed by atoms with Crippen LogP contribution in [0.25, 0.3) is 0 Å². The summed E-state index contributed by atoms with van der Waals surface area (Å²) in [5.74, 6) is -1.17. The maximum Gasteiger partial charge on any atom is 0.322 e. The summed E-state index contributed by atoms with van der Waals surface area (Å²) in [4.78, 5) is 22.7. The topological polar surface area (TPSA) is 92.3 Å². The van der Waals surface area contributed by atoms with Gasteiger partial charge in [0.2, 0.25) is 0 Å². The van der Waals surface area contributed by atoms with Gasteiger partial charge in [0.15, 0.2) is 9.84 Å². The van der Waals surface area contributed by atoms with Crippen molar-refractivity contribution in [3.05, 3.63) is 24.3 Å². The van der Waals surface area contributed by atoms with Crippen molar-refractivity contribution in [1.29, 1.82) is 0 Å². The van der Waals surface area contributed by atoms with E-state index in [2.05, 4.69) is 5.32 Å². The van der Waals surface area contributed by atoms with E-state index in [-0.39, 0.29) is 4.90 Å². The third-order valence-corrected chi connectivity index (χ3v) is 4.78. The maximum absolute atomic E-state index is 12.2. The standard InChI is InChI=1S/C11H11BN2O4S/c1-11(9(15)13-10(16)14-11)6-19(17,18)8-4-2-7(12)3-5-8/h2-5H,6H2,1H3,(H2,13,14,15,16). The van der Waals surface area contributed by atoms with Crippen LogP contribution in [0.3, 0.4) is 0 Å². The van der Waals surface area contributed by atoms with Crippen molar-refractivity contribution in [3.8, 4) is 0 Å². The van der Waals surface area contributed by atoms with Gasteiger partial charge < -0.3 is 5.32 Å². The monoisotopic (exact) mass is 278 g/mol. The van der Waals surface area contributed by atoms with E-state index in [9.17, 15) is 18.0 Å². The van der Waals surface area contributed by atoms with Crippen LogP contribution in [0.5, 0.6) is 0 Å². The Balaban J connectivity index is 2.29. The highest BCUT2D eigenvalue weighted by atomic mass is 32.2. The number of hydrogen-bond acceptors (Lipinski definition) is 4. The van der Waals surface area contributed by atoms with Crippen molar-refractivity contribution in [2.24, 2.45) is 0 Å². The molecule has 1 aromatic rings. The Kier molecular flexibility index (Phi) is 3.13. The Bertz CT molecular complexity index is 641. The van der Waals surface area contributed by atoms with Crippen LogP contribution >= 0.6 is 0 Å². The SMILES string of the molecule is [B]c1ccc(S(=O)(=O)CC2(C)NC(=O)NC2=O)cc1. The fraction of sp³-hybridized carbons (Fsp3) is 0.273. The molecular formula is C11H11BN2O4S. The summed E-state index contributed by atoms with van der Waals surface area (Å²) in [6.45, 7) is 1.36. The Morgan fingerprint density at radius 3 is 2.26 bits per heavy atom. The van der Waals surface area contributed by atoms with Gasteiger partial charge in [0.25, 0.3) is 5.91 Å². The number of carbonyl (C=O) groups is 2. The van der Waals surface area contributed by atoms with Gasteiger partial charge >= 0.3 is 6.03 Å². The molecule has 3 amide bonds. The maximum atomic E-state index is 12.2. The van der Waals surface area contributed by atoms with E-state index < -0.39 is 33.1 Å². The molecule has 0 saturated carbocycles. The lowest BCUT2D eigenvalue weighted by Gasteiger charge is -2.20. The molecule has 2 radical (unpaired) electrons. The van der Waals surface area contributed by atoms with E-state index in [1.807, 2.05) is 5.32 Å². The number of sulfone groups is 1. The van der Waals surface area contributed by atoms with Crippen LogP contribution in [0.4, 0.5) is 4.79 Å². The third kappa shape index (κ3) is 2.63. The summed E-state index contributed by atoms with van der Waals surface area (Å²) in [6, 6.07) is 4.95. The lowest BCUT2D eigenvalue weighted by atomic mass is 9.97. The molecular weight excluding hydrogens is 267 g/mol. The van der Waals surface area contributed by atoms with Crippen molar-refractivity contribution >= 4 is 35.1 Å². The number of benzene rings is 1. The van der Waals surface area contributed by atoms with Crippen LogP contribution in [-0.4, -0.2) is 39.5 Å². The van der Waals surface area contributed by atoms with Crippen LogP contribution in [-0.2, 0) is 14.6 Å². The van der Waals surface area contributed by atoms with Crippen LogP contribution in [0.15, 0.2) is 29.2 Å². The Hall–Kier alpha value is -1.83. The molecule has 2 N–H and O–H groups in total. The van der Waals surface area contributed by atoms with Crippen molar-refractivity contribution < 1.29 is 18.0 Å². The van der Waals surface area contributed by atoms with Crippen molar-refractivity contribution in [1.82, 2.24) is 10.6 Å². The average molecular weight is 278 g/mol. The van der Waals surface area contributed by atoms with E-state index in [4.69, 9.17) is 7.85 Å². The molecule has 2 rings (SSSR count). The predicted octanol–water partition coefficient (Wildman–Crippen LogP) is -1.15. The first-order chi connectivity index (χ1) is 8.73. The lowest BCUT2D eigenvalue weighted by Crippen LogP contribution is -2.49.